The lowest BCUT2D eigenvalue weighted by atomic mass is 10.1. The van der Waals surface area contributed by atoms with Crippen LogP contribution in [0.2, 0.25) is 0 Å². The van der Waals surface area contributed by atoms with Crippen LogP contribution in [0.15, 0.2) is 40.9 Å². The van der Waals surface area contributed by atoms with E-state index in [1.54, 1.807) is 0 Å². The molecule has 0 N–H and O–H groups in total. The van der Waals surface area contributed by atoms with E-state index < -0.39 is 0 Å². The van der Waals surface area contributed by atoms with Gasteiger partial charge in [-0.1, -0.05) is 18.2 Å². The first-order valence-electron chi connectivity index (χ1n) is 6.65. The Morgan fingerprint density at radius 3 is 2.58 bits per heavy atom. The Kier molecular flexibility index (Phi) is 3.31. The molecule has 0 aliphatic carbocycles. The zero-order chi connectivity index (χ0) is 13.1. The minimum Gasteiger partial charge on any atom is -0.431 e. The zero-order valence-corrected chi connectivity index (χ0v) is 10.7. The summed E-state index contributed by atoms with van der Waals surface area (Å²) in [6.07, 6.45) is 4.88. The second-order valence-corrected chi connectivity index (χ2v) is 4.75. The number of likely N-dealkylation sites (tertiary alicyclic amines) is 1. The fourth-order valence-electron chi connectivity index (χ4n) is 2.34. The summed E-state index contributed by atoms with van der Waals surface area (Å²) in [6, 6.07) is 9.62. The molecule has 98 valence electrons. The Morgan fingerprint density at radius 2 is 1.84 bits per heavy atom. The van der Waals surface area contributed by atoms with E-state index in [4.69, 9.17) is 4.42 Å². The molecule has 1 amide bonds. The van der Waals surface area contributed by atoms with Gasteiger partial charge in [0.1, 0.15) is 0 Å². The zero-order valence-electron chi connectivity index (χ0n) is 10.7. The molecule has 0 saturated carbocycles. The van der Waals surface area contributed by atoms with Crippen molar-refractivity contribution in [3.63, 3.8) is 0 Å². The first kappa shape index (κ1) is 12.0. The van der Waals surface area contributed by atoms with E-state index in [0.717, 1.165) is 31.5 Å². The van der Waals surface area contributed by atoms with Gasteiger partial charge in [-0.25, -0.2) is 4.98 Å². The van der Waals surface area contributed by atoms with E-state index in [1.807, 2.05) is 35.2 Å². The Morgan fingerprint density at radius 1 is 1.11 bits per heavy atom. The molecular weight excluding hydrogens is 240 g/mol. The average Bonchev–Trinajstić information content (AvgIpc) is 2.98. The molecule has 1 aromatic carbocycles. The van der Waals surface area contributed by atoms with Crippen LogP contribution in [0.3, 0.4) is 0 Å². The maximum atomic E-state index is 12.2. The number of carbonyl (C=O) groups excluding carboxylic acids is 1. The fourth-order valence-corrected chi connectivity index (χ4v) is 2.34. The molecule has 2 aromatic rings. The smallest absolute Gasteiger partial charge is 0.291 e. The van der Waals surface area contributed by atoms with Gasteiger partial charge in [-0.2, -0.15) is 0 Å². The van der Waals surface area contributed by atoms with Crippen molar-refractivity contribution in [3.8, 4) is 11.5 Å². The normalized spacial score (nSPS) is 15.5. The van der Waals surface area contributed by atoms with Crippen molar-refractivity contribution in [3.05, 3.63) is 42.3 Å². The average molecular weight is 256 g/mol. The maximum absolute atomic E-state index is 12.2. The number of piperidine rings is 1. The maximum Gasteiger partial charge on any atom is 0.291 e. The molecule has 0 spiro atoms. The monoisotopic (exact) mass is 256 g/mol. The minimum absolute atomic E-state index is 0.0469. The lowest BCUT2D eigenvalue weighted by Gasteiger charge is -2.25. The van der Waals surface area contributed by atoms with E-state index in [0.29, 0.717) is 11.7 Å². The van der Waals surface area contributed by atoms with Gasteiger partial charge in [0.15, 0.2) is 0 Å². The molecular formula is C15H16N2O2. The lowest BCUT2D eigenvalue weighted by Crippen LogP contribution is -2.35. The molecule has 1 aliphatic rings. The minimum atomic E-state index is -0.0469. The molecule has 3 rings (SSSR count). The van der Waals surface area contributed by atoms with Crippen molar-refractivity contribution >= 4 is 5.91 Å². The SMILES string of the molecule is O=C(c1cnc(-c2ccccc2)o1)N1CCCCC1. The number of hydrogen-bond donors (Lipinski definition) is 0. The number of rotatable bonds is 2. The molecule has 0 atom stereocenters. The van der Waals surface area contributed by atoms with Crippen molar-refractivity contribution in [2.24, 2.45) is 0 Å². The van der Waals surface area contributed by atoms with Gasteiger partial charge in [-0.3, -0.25) is 4.79 Å². The molecule has 2 heterocycles. The van der Waals surface area contributed by atoms with E-state index in [-0.39, 0.29) is 5.91 Å². The molecule has 1 saturated heterocycles. The van der Waals surface area contributed by atoms with Crippen molar-refractivity contribution in [2.75, 3.05) is 13.1 Å². The third-order valence-electron chi connectivity index (χ3n) is 3.38. The van der Waals surface area contributed by atoms with Gasteiger partial charge in [0, 0.05) is 18.7 Å². The van der Waals surface area contributed by atoms with Crippen LogP contribution in [0.5, 0.6) is 0 Å². The van der Waals surface area contributed by atoms with Crippen molar-refractivity contribution in [1.82, 2.24) is 9.88 Å². The summed E-state index contributed by atoms with van der Waals surface area (Å²) < 4.78 is 5.58. The van der Waals surface area contributed by atoms with E-state index in [2.05, 4.69) is 4.98 Å². The Hall–Kier alpha value is -2.10. The standard InChI is InChI=1S/C15H16N2O2/c18-15(17-9-5-2-6-10-17)13-11-16-14(19-13)12-7-3-1-4-8-12/h1,3-4,7-8,11H,2,5-6,9-10H2. The number of amides is 1. The molecule has 1 aliphatic heterocycles. The number of nitrogens with zero attached hydrogens (tertiary/aromatic N) is 2. The summed E-state index contributed by atoms with van der Waals surface area (Å²) in [5, 5.41) is 0. The van der Waals surface area contributed by atoms with Crippen molar-refractivity contribution in [1.29, 1.82) is 0 Å². The highest BCUT2D eigenvalue weighted by Gasteiger charge is 2.21. The predicted octanol–water partition coefficient (Wildman–Crippen LogP) is 2.97. The van der Waals surface area contributed by atoms with Crippen LogP contribution < -0.4 is 0 Å². The summed E-state index contributed by atoms with van der Waals surface area (Å²) >= 11 is 0. The molecule has 0 radical (unpaired) electrons. The third-order valence-corrected chi connectivity index (χ3v) is 3.38. The van der Waals surface area contributed by atoms with Crippen molar-refractivity contribution in [2.45, 2.75) is 19.3 Å². The van der Waals surface area contributed by atoms with Gasteiger partial charge in [0.2, 0.25) is 11.7 Å². The second-order valence-electron chi connectivity index (χ2n) is 4.75. The first-order chi connectivity index (χ1) is 9.34. The fraction of sp³-hybridized carbons (Fsp3) is 0.333. The molecule has 0 bridgehead atoms. The van der Waals surface area contributed by atoms with Crippen LogP contribution in [-0.4, -0.2) is 28.9 Å². The van der Waals surface area contributed by atoms with Crippen LogP contribution in [0.25, 0.3) is 11.5 Å². The number of carbonyl (C=O) groups is 1. The molecule has 1 fully saturated rings. The summed E-state index contributed by atoms with van der Waals surface area (Å²) in [5.74, 6) is 0.788. The quantitative estimate of drug-likeness (QED) is 0.829. The molecule has 4 heteroatoms. The van der Waals surface area contributed by atoms with Gasteiger partial charge in [-0.05, 0) is 31.4 Å². The van der Waals surface area contributed by atoms with Crippen molar-refractivity contribution < 1.29 is 9.21 Å². The summed E-state index contributed by atoms with van der Waals surface area (Å²) in [7, 11) is 0. The number of oxazole rings is 1. The van der Waals surface area contributed by atoms with E-state index in [1.165, 1.54) is 12.6 Å². The highest BCUT2D eigenvalue weighted by Crippen LogP contribution is 2.20. The van der Waals surface area contributed by atoms with Crippen LogP contribution in [0.4, 0.5) is 0 Å². The van der Waals surface area contributed by atoms with Gasteiger partial charge in [0.05, 0.1) is 6.20 Å². The Balaban J connectivity index is 1.79. The first-order valence-corrected chi connectivity index (χ1v) is 6.65. The lowest BCUT2D eigenvalue weighted by molar-refractivity contribution is 0.0693. The van der Waals surface area contributed by atoms with Crippen LogP contribution in [-0.2, 0) is 0 Å². The molecule has 19 heavy (non-hydrogen) atoms. The largest absolute Gasteiger partial charge is 0.431 e. The van der Waals surface area contributed by atoms with E-state index in [9.17, 15) is 4.79 Å². The Bertz CT molecular complexity index is 557. The molecule has 0 unspecified atom stereocenters. The third kappa shape index (κ3) is 2.52. The molecule has 4 nitrogen and oxygen atoms in total. The topological polar surface area (TPSA) is 46.3 Å². The summed E-state index contributed by atoms with van der Waals surface area (Å²) in [4.78, 5) is 18.3. The highest BCUT2D eigenvalue weighted by atomic mass is 16.4. The van der Waals surface area contributed by atoms with Gasteiger partial charge in [0.25, 0.3) is 5.91 Å². The van der Waals surface area contributed by atoms with Gasteiger partial charge in [-0.15, -0.1) is 0 Å². The van der Waals surface area contributed by atoms with Crippen LogP contribution in [0.1, 0.15) is 29.8 Å². The number of hydrogen-bond acceptors (Lipinski definition) is 3. The highest BCUT2D eigenvalue weighted by molar-refractivity contribution is 5.91. The van der Waals surface area contributed by atoms with Crippen LogP contribution >= 0.6 is 0 Å². The summed E-state index contributed by atoms with van der Waals surface area (Å²) in [5.41, 5.74) is 0.889. The van der Waals surface area contributed by atoms with Gasteiger partial charge >= 0.3 is 0 Å². The van der Waals surface area contributed by atoms with Gasteiger partial charge < -0.3 is 9.32 Å². The Labute approximate surface area is 112 Å². The predicted molar refractivity (Wildman–Crippen MR) is 71.7 cm³/mol. The number of aromatic nitrogens is 1. The van der Waals surface area contributed by atoms with Crippen LogP contribution in [0, 0.1) is 0 Å². The number of benzene rings is 1. The molecule has 1 aromatic heterocycles. The second kappa shape index (κ2) is 5.26. The van der Waals surface area contributed by atoms with E-state index >= 15 is 0 Å². The summed E-state index contributed by atoms with van der Waals surface area (Å²) in [6.45, 7) is 1.64.